The summed E-state index contributed by atoms with van der Waals surface area (Å²) in [6.07, 6.45) is 0.691. The quantitative estimate of drug-likeness (QED) is 0.764. The highest BCUT2D eigenvalue weighted by molar-refractivity contribution is 6.32. The van der Waals surface area contributed by atoms with Crippen LogP contribution in [0.1, 0.15) is 22.8 Å². The van der Waals surface area contributed by atoms with Gasteiger partial charge in [0.1, 0.15) is 6.29 Å². The van der Waals surface area contributed by atoms with Crippen LogP contribution in [0.5, 0.6) is 0 Å². The highest BCUT2D eigenvalue weighted by atomic mass is 35.5. The van der Waals surface area contributed by atoms with Crippen molar-refractivity contribution in [2.45, 2.75) is 13.8 Å². The van der Waals surface area contributed by atoms with Crippen LogP contribution >= 0.6 is 11.6 Å². The van der Waals surface area contributed by atoms with Crippen molar-refractivity contribution in [3.05, 3.63) is 28.3 Å². The van der Waals surface area contributed by atoms with E-state index in [1.807, 2.05) is 0 Å². The van der Waals surface area contributed by atoms with Gasteiger partial charge in [0, 0.05) is 23.2 Å². The number of benzene rings is 1. The fraction of sp³-hybridized carbons (Fsp3) is 0.200. The second-order valence-corrected chi connectivity index (χ2v) is 3.38. The van der Waals surface area contributed by atoms with Crippen LogP contribution < -0.4 is 5.32 Å². The van der Waals surface area contributed by atoms with Crippen LogP contribution in [0.15, 0.2) is 12.1 Å². The van der Waals surface area contributed by atoms with Crippen molar-refractivity contribution in [3.8, 4) is 0 Å². The molecular weight excluding hydrogens is 202 g/mol. The summed E-state index contributed by atoms with van der Waals surface area (Å²) < 4.78 is 0. The van der Waals surface area contributed by atoms with Gasteiger partial charge in [-0.15, -0.1) is 0 Å². The molecular formula is C10H10ClNO2. The van der Waals surface area contributed by atoms with E-state index in [4.69, 9.17) is 11.6 Å². The van der Waals surface area contributed by atoms with Crippen molar-refractivity contribution >= 4 is 29.5 Å². The fourth-order valence-electron chi connectivity index (χ4n) is 1.09. The van der Waals surface area contributed by atoms with Crippen LogP contribution in [0.25, 0.3) is 0 Å². The number of hydrogen-bond donors (Lipinski definition) is 1. The first kappa shape index (κ1) is 10.7. The molecule has 1 aromatic carbocycles. The third kappa shape index (κ3) is 2.33. The van der Waals surface area contributed by atoms with E-state index in [9.17, 15) is 9.59 Å². The van der Waals surface area contributed by atoms with Gasteiger partial charge in [0.2, 0.25) is 5.91 Å². The van der Waals surface area contributed by atoms with Crippen molar-refractivity contribution in [1.82, 2.24) is 0 Å². The monoisotopic (exact) mass is 211 g/mol. The maximum atomic E-state index is 10.8. The standard InChI is InChI=1S/C10H10ClNO2/c1-6-9(11)3-8(5-13)4-10(6)12-7(2)14/h3-5H,1-2H3,(H,12,14). The lowest BCUT2D eigenvalue weighted by atomic mass is 10.1. The van der Waals surface area contributed by atoms with Gasteiger partial charge < -0.3 is 5.32 Å². The first-order chi connectivity index (χ1) is 6.54. The van der Waals surface area contributed by atoms with E-state index in [2.05, 4.69) is 5.32 Å². The van der Waals surface area contributed by atoms with Crippen LogP contribution in [0.4, 0.5) is 5.69 Å². The average molecular weight is 212 g/mol. The third-order valence-corrected chi connectivity index (χ3v) is 2.21. The number of anilines is 1. The molecule has 0 radical (unpaired) electrons. The predicted molar refractivity (Wildman–Crippen MR) is 55.9 cm³/mol. The molecule has 0 heterocycles. The number of amides is 1. The second-order valence-electron chi connectivity index (χ2n) is 2.97. The molecule has 0 unspecified atom stereocenters. The summed E-state index contributed by atoms with van der Waals surface area (Å²) in [7, 11) is 0. The van der Waals surface area contributed by atoms with Crippen molar-refractivity contribution in [3.63, 3.8) is 0 Å². The Labute approximate surface area is 87.1 Å². The molecule has 1 rings (SSSR count). The van der Waals surface area contributed by atoms with E-state index in [-0.39, 0.29) is 5.91 Å². The summed E-state index contributed by atoms with van der Waals surface area (Å²) in [5, 5.41) is 3.08. The molecule has 4 heteroatoms. The van der Waals surface area contributed by atoms with Crippen molar-refractivity contribution < 1.29 is 9.59 Å². The van der Waals surface area contributed by atoms with Gasteiger partial charge in [0.05, 0.1) is 0 Å². The van der Waals surface area contributed by atoms with Gasteiger partial charge in [-0.2, -0.15) is 0 Å². The van der Waals surface area contributed by atoms with Crippen LogP contribution in [0.3, 0.4) is 0 Å². The van der Waals surface area contributed by atoms with E-state index < -0.39 is 0 Å². The van der Waals surface area contributed by atoms with Gasteiger partial charge in [-0.1, -0.05) is 11.6 Å². The zero-order valence-corrected chi connectivity index (χ0v) is 8.68. The molecule has 1 amide bonds. The third-order valence-electron chi connectivity index (χ3n) is 1.81. The number of rotatable bonds is 2. The molecule has 0 fully saturated rings. The summed E-state index contributed by atoms with van der Waals surface area (Å²) in [5.41, 5.74) is 1.78. The minimum Gasteiger partial charge on any atom is -0.326 e. The Bertz CT molecular complexity index is 388. The zero-order chi connectivity index (χ0) is 10.7. The van der Waals surface area contributed by atoms with E-state index in [1.165, 1.54) is 6.92 Å². The Kier molecular flexibility index (Phi) is 3.25. The number of hydrogen-bond acceptors (Lipinski definition) is 2. The normalized spacial score (nSPS) is 9.64. The van der Waals surface area contributed by atoms with Crippen LogP contribution in [-0.4, -0.2) is 12.2 Å². The Morgan fingerprint density at radius 1 is 1.50 bits per heavy atom. The summed E-state index contributed by atoms with van der Waals surface area (Å²) in [5.74, 6) is -0.188. The highest BCUT2D eigenvalue weighted by Crippen LogP contribution is 2.25. The molecule has 0 spiro atoms. The van der Waals surface area contributed by atoms with Crippen LogP contribution in [-0.2, 0) is 4.79 Å². The van der Waals surface area contributed by atoms with Crippen LogP contribution in [0, 0.1) is 6.92 Å². The summed E-state index contributed by atoms with van der Waals surface area (Å²) in [6.45, 7) is 3.18. The van der Waals surface area contributed by atoms with E-state index in [0.29, 0.717) is 22.6 Å². The van der Waals surface area contributed by atoms with Crippen molar-refractivity contribution in [2.75, 3.05) is 5.32 Å². The smallest absolute Gasteiger partial charge is 0.221 e. The van der Waals surface area contributed by atoms with E-state index in [1.54, 1.807) is 19.1 Å². The maximum absolute atomic E-state index is 10.8. The van der Waals surface area contributed by atoms with Gasteiger partial charge in [0.25, 0.3) is 0 Å². The van der Waals surface area contributed by atoms with E-state index in [0.717, 1.165) is 5.56 Å². The molecule has 0 bridgehead atoms. The fourth-order valence-corrected chi connectivity index (χ4v) is 1.32. The number of carbonyl (C=O) groups excluding carboxylic acids is 2. The highest BCUT2D eigenvalue weighted by Gasteiger charge is 2.06. The van der Waals surface area contributed by atoms with Gasteiger partial charge in [-0.25, -0.2) is 0 Å². The second kappa shape index (κ2) is 4.24. The summed E-state index contributed by atoms with van der Waals surface area (Å²) in [4.78, 5) is 21.4. The lowest BCUT2D eigenvalue weighted by Crippen LogP contribution is -2.07. The molecule has 0 aliphatic rings. The number of aldehydes is 1. The number of carbonyl (C=O) groups is 2. The topological polar surface area (TPSA) is 46.2 Å². The molecule has 0 aliphatic carbocycles. The zero-order valence-electron chi connectivity index (χ0n) is 7.93. The average Bonchev–Trinajstić information content (AvgIpc) is 2.11. The largest absolute Gasteiger partial charge is 0.326 e. The van der Waals surface area contributed by atoms with Gasteiger partial charge in [0.15, 0.2) is 0 Å². The molecule has 74 valence electrons. The molecule has 14 heavy (non-hydrogen) atoms. The SMILES string of the molecule is CC(=O)Nc1cc(C=O)cc(Cl)c1C. The summed E-state index contributed by atoms with van der Waals surface area (Å²) in [6, 6.07) is 3.16. The maximum Gasteiger partial charge on any atom is 0.221 e. The Balaban J connectivity index is 3.19. The molecule has 1 N–H and O–H groups in total. The molecule has 0 aromatic heterocycles. The number of halogens is 1. The Hall–Kier alpha value is -1.35. The molecule has 0 saturated heterocycles. The van der Waals surface area contributed by atoms with Gasteiger partial charge >= 0.3 is 0 Å². The molecule has 0 atom stereocenters. The molecule has 0 aliphatic heterocycles. The predicted octanol–water partition coefficient (Wildman–Crippen LogP) is 2.42. The molecule has 1 aromatic rings. The molecule has 3 nitrogen and oxygen atoms in total. The Morgan fingerprint density at radius 3 is 2.64 bits per heavy atom. The molecule has 0 saturated carbocycles. The number of nitrogens with one attached hydrogen (secondary N) is 1. The van der Waals surface area contributed by atoms with Crippen molar-refractivity contribution in [1.29, 1.82) is 0 Å². The van der Waals surface area contributed by atoms with E-state index >= 15 is 0 Å². The van der Waals surface area contributed by atoms with Crippen LogP contribution in [0.2, 0.25) is 5.02 Å². The van der Waals surface area contributed by atoms with Crippen molar-refractivity contribution in [2.24, 2.45) is 0 Å². The Morgan fingerprint density at radius 2 is 2.14 bits per heavy atom. The lowest BCUT2D eigenvalue weighted by molar-refractivity contribution is -0.114. The summed E-state index contributed by atoms with van der Waals surface area (Å²) >= 11 is 5.87. The minimum absolute atomic E-state index is 0.188. The lowest BCUT2D eigenvalue weighted by Gasteiger charge is -2.08. The van der Waals surface area contributed by atoms with Gasteiger partial charge in [-0.05, 0) is 24.6 Å². The first-order valence-electron chi connectivity index (χ1n) is 4.07. The van der Waals surface area contributed by atoms with Gasteiger partial charge in [-0.3, -0.25) is 9.59 Å². The first-order valence-corrected chi connectivity index (χ1v) is 4.45. The minimum atomic E-state index is -0.188.